The Morgan fingerprint density at radius 1 is 1.15 bits per heavy atom. The summed E-state index contributed by atoms with van der Waals surface area (Å²) >= 11 is 0. The van der Waals surface area contributed by atoms with Gasteiger partial charge >= 0.3 is 6.03 Å². The summed E-state index contributed by atoms with van der Waals surface area (Å²) in [5, 5.41) is 8.65. The first-order valence-corrected chi connectivity index (χ1v) is 9.92. The van der Waals surface area contributed by atoms with Gasteiger partial charge in [-0.05, 0) is 31.9 Å². The molecule has 0 unspecified atom stereocenters. The molecule has 3 N–H and O–H groups in total. The molecule has 0 saturated heterocycles. The van der Waals surface area contributed by atoms with Crippen LogP contribution in [0.15, 0.2) is 24.3 Å². The third-order valence-electron chi connectivity index (χ3n) is 5.07. The highest BCUT2D eigenvalue weighted by Crippen LogP contribution is 2.17. The lowest BCUT2D eigenvalue weighted by atomic mass is 9.96. The summed E-state index contributed by atoms with van der Waals surface area (Å²) in [7, 11) is 0. The molecule has 3 rings (SSSR count). The number of fused-ring (bicyclic) bond motifs is 1. The van der Waals surface area contributed by atoms with Crippen LogP contribution in [0.4, 0.5) is 4.79 Å². The molecular formula is C20H29N5O2. The summed E-state index contributed by atoms with van der Waals surface area (Å²) in [5.74, 6) is 0.748. The first-order valence-electron chi connectivity index (χ1n) is 9.92. The lowest BCUT2D eigenvalue weighted by Crippen LogP contribution is -2.43. The Kier molecular flexibility index (Phi) is 6.68. The maximum absolute atomic E-state index is 12.1. The fraction of sp³-hybridized carbons (Fsp3) is 0.550. The first kappa shape index (κ1) is 19.2. The van der Waals surface area contributed by atoms with Gasteiger partial charge in [0.25, 0.3) is 0 Å². The van der Waals surface area contributed by atoms with Crippen LogP contribution in [0.3, 0.4) is 0 Å². The number of amides is 3. The summed E-state index contributed by atoms with van der Waals surface area (Å²) in [6.07, 6.45) is 5.96. The fourth-order valence-electron chi connectivity index (χ4n) is 3.65. The molecule has 0 aliphatic heterocycles. The molecule has 2 aromatic rings. The van der Waals surface area contributed by atoms with Gasteiger partial charge in [0.15, 0.2) is 0 Å². The van der Waals surface area contributed by atoms with Crippen LogP contribution >= 0.6 is 0 Å². The predicted octanol–water partition coefficient (Wildman–Crippen LogP) is 2.69. The molecule has 1 saturated carbocycles. The number of hydrogen-bond acceptors (Lipinski definition) is 3. The minimum Gasteiger partial charge on any atom is -0.349 e. The van der Waals surface area contributed by atoms with Gasteiger partial charge in [0.2, 0.25) is 5.91 Å². The number of rotatable bonds is 7. The standard InChI is InChI=1S/C20H29N5O2/c1-2-25-17-11-7-6-10-16(17)24-18(25)14-22-19(26)12-13-21-20(27)23-15-8-4-3-5-9-15/h6-7,10-11,15H,2-5,8-9,12-14H2,1H3,(H,22,26)(H2,21,23,27). The van der Waals surface area contributed by atoms with Crippen molar-refractivity contribution < 1.29 is 9.59 Å². The van der Waals surface area contributed by atoms with Crippen molar-refractivity contribution in [2.75, 3.05) is 6.54 Å². The van der Waals surface area contributed by atoms with E-state index in [4.69, 9.17) is 0 Å². The van der Waals surface area contributed by atoms with Crippen molar-refractivity contribution in [3.63, 3.8) is 0 Å². The minimum absolute atomic E-state index is 0.0947. The first-order chi connectivity index (χ1) is 13.2. The predicted molar refractivity (Wildman–Crippen MR) is 105 cm³/mol. The highest BCUT2D eigenvalue weighted by atomic mass is 16.2. The monoisotopic (exact) mass is 371 g/mol. The summed E-state index contributed by atoms with van der Waals surface area (Å²) in [6, 6.07) is 8.05. The van der Waals surface area contributed by atoms with Gasteiger partial charge in [0.1, 0.15) is 5.82 Å². The van der Waals surface area contributed by atoms with E-state index in [1.165, 1.54) is 19.3 Å². The minimum atomic E-state index is -0.178. The number of hydrogen-bond donors (Lipinski definition) is 3. The topological polar surface area (TPSA) is 88.0 Å². The van der Waals surface area contributed by atoms with E-state index in [1.807, 2.05) is 24.3 Å². The van der Waals surface area contributed by atoms with E-state index in [1.54, 1.807) is 0 Å². The van der Waals surface area contributed by atoms with Crippen molar-refractivity contribution in [1.29, 1.82) is 0 Å². The van der Waals surface area contributed by atoms with Crippen LogP contribution < -0.4 is 16.0 Å². The number of nitrogens with one attached hydrogen (secondary N) is 3. The van der Waals surface area contributed by atoms with Gasteiger partial charge in [0, 0.05) is 25.6 Å². The molecule has 0 bridgehead atoms. The molecule has 7 nitrogen and oxygen atoms in total. The molecular weight excluding hydrogens is 342 g/mol. The van der Waals surface area contributed by atoms with Crippen LogP contribution in [0, 0.1) is 0 Å². The van der Waals surface area contributed by atoms with Crippen molar-refractivity contribution in [3.8, 4) is 0 Å². The summed E-state index contributed by atoms with van der Waals surface area (Å²) in [6.45, 7) is 3.58. The average Bonchev–Trinajstić information content (AvgIpc) is 3.04. The normalized spacial score (nSPS) is 14.9. The second-order valence-corrected chi connectivity index (χ2v) is 7.02. The maximum atomic E-state index is 12.1. The van der Waals surface area contributed by atoms with Crippen LogP contribution in [-0.2, 0) is 17.9 Å². The van der Waals surface area contributed by atoms with Crippen molar-refractivity contribution in [2.45, 2.75) is 64.6 Å². The largest absolute Gasteiger partial charge is 0.349 e. The molecule has 0 radical (unpaired) electrons. The molecule has 0 spiro atoms. The smallest absolute Gasteiger partial charge is 0.315 e. The number of nitrogens with zero attached hydrogens (tertiary/aromatic N) is 2. The molecule has 1 aliphatic carbocycles. The molecule has 1 aromatic carbocycles. The number of aryl methyl sites for hydroxylation is 1. The number of aromatic nitrogens is 2. The summed E-state index contributed by atoms with van der Waals surface area (Å²) < 4.78 is 2.10. The molecule has 7 heteroatoms. The quantitative estimate of drug-likeness (QED) is 0.699. The zero-order chi connectivity index (χ0) is 19.1. The molecule has 1 aliphatic rings. The Bertz CT molecular complexity index is 780. The third kappa shape index (κ3) is 5.21. The van der Waals surface area contributed by atoms with Gasteiger partial charge in [-0.3, -0.25) is 4.79 Å². The van der Waals surface area contributed by atoms with Gasteiger partial charge in [-0.15, -0.1) is 0 Å². The number of imidazole rings is 1. The van der Waals surface area contributed by atoms with Crippen LogP contribution in [0.2, 0.25) is 0 Å². The molecule has 1 heterocycles. The number of carbonyl (C=O) groups excluding carboxylic acids is 2. The second-order valence-electron chi connectivity index (χ2n) is 7.02. The van der Waals surface area contributed by atoms with Crippen LogP contribution in [0.25, 0.3) is 11.0 Å². The third-order valence-corrected chi connectivity index (χ3v) is 5.07. The van der Waals surface area contributed by atoms with Crippen molar-refractivity contribution >= 4 is 23.0 Å². The van der Waals surface area contributed by atoms with Gasteiger partial charge in [0.05, 0.1) is 17.6 Å². The highest BCUT2D eigenvalue weighted by molar-refractivity contribution is 5.79. The molecule has 1 fully saturated rings. The lowest BCUT2D eigenvalue weighted by Gasteiger charge is -2.22. The van der Waals surface area contributed by atoms with Gasteiger partial charge in [-0.1, -0.05) is 31.4 Å². The van der Waals surface area contributed by atoms with Crippen molar-refractivity contribution in [1.82, 2.24) is 25.5 Å². The molecule has 3 amide bonds. The molecule has 146 valence electrons. The van der Waals surface area contributed by atoms with E-state index in [0.29, 0.717) is 13.1 Å². The van der Waals surface area contributed by atoms with Gasteiger partial charge in [-0.2, -0.15) is 0 Å². The summed E-state index contributed by atoms with van der Waals surface area (Å²) in [5.41, 5.74) is 2.01. The van der Waals surface area contributed by atoms with E-state index in [9.17, 15) is 9.59 Å². The van der Waals surface area contributed by atoms with Gasteiger partial charge in [-0.25, -0.2) is 9.78 Å². The SMILES string of the molecule is CCn1c(CNC(=O)CCNC(=O)NC2CCCCC2)nc2ccccc21. The highest BCUT2D eigenvalue weighted by Gasteiger charge is 2.15. The zero-order valence-electron chi connectivity index (χ0n) is 16.0. The van der Waals surface area contributed by atoms with Crippen LogP contribution in [0.5, 0.6) is 0 Å². The maximum Gasteiger partial charge on any atom is 0.315 e. The van der Waals surface area contributed by atoms with E-state index in [-0.39, 0.29) is 24.4 Å². The van der Waals surface area contributed by atoms with E-state index >= 15 is 0 Å². The Labute approximate surface area is 159 Å². The van der Waals surface area contributed by atoms with E-state index in [2.05, 4.69) is 32.4 Å². The van der Waals surface area contributed by atoms with Crippen molar-refractivity contribution in [2.24, 2.45) is 0 Å². The van der Waals surface area contributed by atoms with Crippen molar-refractivity contribution in [3.05, 3.63) is 30.1 Å². The average molecular weight is 371 g/mol. The number of benzene rings is 1. The zero-order valence-corrected chi connectivity index (χ0v) is 16.0. The lowest BCUT2D eigenvalue weighted by molar-refractivity contribution is -0.121. The number of para-hydroxylation sites is 2. The Hall–Kier alpha value is -2.57. The Morgan fingerprint density at radius 3 is 2.70 bits per heavy atom. The van der Waals surface area contributed by atoms with Gasteiger partial charge < -0.3 is 20.5 Å². The molecule has 1 aromatic heterocycles. The van der Waals surface area contributed by atoms with Crippen LogP contribution in [0.1, 0.15) is 51.3 Å². The molecule has 27 heavy (non-hydrogen) atoms. The second kappa shape index (κ2) is 9.39. The molecule has 0 atom stereocenters. The fourth-order valence-corrected chi connectivity index (χ4v) is 3.65. The Balaban J connectivity index is 1.40. The Morgan fingerprint density at radius 2 is 1.93 bits per heavy atom. The van der Waals surface area contributed by atoms with E-state index < -0.39 is 0 Å². The van der Waals surface area contributed by atoms with Crippen LogP contribution in [-0.4, -0.2) is 34.1 Å². The number of carbonyl (C=O) groups is 2. The summed E-state index contributed by atoms with van der Waals surface area (Å²) in [4.78, 5) is 28.6. The number of urea groups is 1. The van der Waals surface area contributed by atoms with E-state index in [0.717, 1.165) is 36.2 Å².